The molecule has 0 fully saturated rings. The van der Waals surface area contributed by atoms with Crippen LogP contribution in [0.1, 0.15) is 29.3 Å². The Bertz CT molecular complexity index is 1120. The van der Waals surface area contributed by atoms with Crippen molar-refractivity contribution in [3.05, 3.63) is 95.8 Å². The van der Waals surface area contributed by atoms with E-state index in [0.717, 1.165) is 12.8 Å². The summed E-state index contributed by atoms with van der Waals surface area (Å²) in [6.07, 6.45) is 1.58. The first-order valence-electron chi connectivity index (χ1n) is 9.57. The lowest BCUT2D eigenvalue weighted by Crippen LogP contribution is -2.33. The molecule has 0 bridgehead atoms. The number of anilines is 1. The van der Waals surface area contributed by atoms with Gasteiger partial charge in [0.2, 0.25) is 0 Å². The lowest BCUT2D eigenvalue weighted by Gasteiger charge is -2.15. The second-order valence-corrected chi connectivity index (χ2v) is 8.69. The van der Waals surface area contributed by atoms with Gasteiger partial charge in [0.15, 0.2) is 0 Å². The standard InChI is InChI=1S/C23H23FN2O3S/c1-17(14-15-18-8-3-2-4-9-18)25-23(27)19-10-7-11-20(16-19)30(28,29)26-22-13-6-5-12-21(22)24/h2-13,16-17,26H,14-15H2,1H3,(H,25,27)/t17-/m0/s1. The number of hydrogen-bond donors (Lipinski definition) is 2. The summed E-state index contributed by atoms with van der Waals surface area (Å²) in [5, 5.41) is 2.89. The van der Waals surface area contributed by atoms with Gasteiger partial charge < -0.3 is 5.32 Å². The third kappa shape index (κ3) is 5.67. The SMILES string of the molecule is C[C@@H](CCc1ccccc1)NC(=O)c1cccc(S(=O)(=O)Nc2ccccc2F)c1. The van der Waals surface area contributed by atoms with Crippen molar-refractivity contribution in [1.82, 2.24) is 5.32 Å². The quantitative estimate of drug-likeness (QED) is 0.561. The molecule has 1 atom stereocenters. The van der Waals surface area contributed by atoms with Gasteiger partial charge in [-0.25, -0.2) is 12.8 Å². The Morgan fingerprint density at radius 2 is 1.67 bits per heavy atom. The van der Waals surface area contributed by atoms with E-state index in [9.17, 15) is 17.6 Å². The first kappa shape index (κ1) is 21.5. The number of para-hydroxylation sites is 1. The Hall–Kier alpha value is -3.19. The normalized spacial score (nSPS) is 12.2. The predicted molar refractivity (Wildman–Crippen MR) is 115 cm³/mol. The number of amides is 1. The molecule has 30 heavy (non-hydrogen) atoms. The van der Waals surface area contributed by atoms with E-state index in [1.165, 1.54) is 48.0 Å². The molecule has 156 valence electrons. The summed E-state index contributed by atoms with van der Waals surface area (Å²) in [4.78, 5) is 12.5. The molecule has 3 rings (SSSR count). The number of halogens is 1. The van der Waals surface area contributed by atoms with Crippen molar-refractivity contribution in [2.75, 3.05) is 4.72 Å². The lowest BCUT2D eigenvalue weighted by molar-refractivity contribution is 0.0938. The molecule has 0 unspecified atom stereocenters. The van der Waals surface area contributed by atoms with Crippen molar-refractivity contribution >= 4 is 21.6 Å². The number of nitrogens with one attached hydrogen (secondary N) is 2. The molecule has 0 aliphatic carbocycles. The molecule has 2 N–H and O–H groups in total. The van der Waals surface area contributed by atoms with Crippen molar-refractivity contribution in [3.8, 4) is 0 Å². The molecule has 0 spiro atoms. The van der Waals surface area contributed by atoms with Gasteiger partial charge in [-0.3, -0.25) is 9.52 Å². The number of benzene rings is 3. The van der Waals surface area contributed by atoms with Crippen LogP contribution >= 0.6 is 0 Å². The van der Waals surface area contributed by atoms with Gasteiger partial charge in [0.25, 0.3) is 15.9 Å². The largest absolute Gasteiger partial charge is 0.350 e. The highest BCUT2D eigenvalue weighted by molar-refractivity contribution is 7.92. The average Bonchev–Trinajstić information content (AvgIpc) is 2.74. The zero-order valence-electron chi connectivity index (χ0n) is 16.5. The van der Waals surface area contributed by atoms with Crippen LogP contribution in [-0.2, 0) is 16.4 Å². The summed E-state index contributed by atoms with van der Waals surface area (Å²) in [5.41, 5.74) is 1.26. The van der Waals surface area contributed by atoms with Crippen molar-refractivity contribution in [2.45, 2.75) is 30.7 Å². The van der Waals surface area contributed by atoms with Gasteiger partial charge in [-0.15, -0.1) is 0 Å². The fourth-order valence-electron chi connectivity index (χ4n) is 2.96. The van der Waals surface area contributed by atoms with Gasteiger partial charge in [-0.2, -0.15) is 0 Å². The summed E-state index contributed by atoms with van der Waals surface area (Å²) in [7, 11) is -4.04. The number of hydrogen-bond acceptors (Lipinski definition) is 3. The summed E-state index contributed by atoms with van der Waals surface area (Å²) in [6.45, 7) is 1.90. The minimum absolute atomic E-state index is 0.0884. The van der Waals surface area contributed by atoms with E-state index in [-0.39, 0.29) is 28.1 Å². The number of rotatable bonds is 8. The lowest BCUT2D eigenvalue weighted by atomic mass is 10.1. The molecule has 0 saturated heterocycles. The van der Waals surface area contributed by atoms with E-state index in [4.69, 9.17) is 0 Å². The maximum absolute atomic E-state index is 13.8. The van der Waals surface area contributed by atoms with Crippen LogP contribution < -0.4 is 10.0 Å². The highest BCUT2D eigenvalue weighted by Gasteiger charge is 2.18. The molecule has 5 nitrogen and oxygen atoms in total. The third-order valence-corrected chi connectivity index (χ3v) is 5.97. The van der Waals surface area contributed by atoms with E-state index in [0.29, 0.717) is 0 Å². The third-order valence-electron chi connectivity index (χ3n) is 4.61. The molecule has 0 aromatic heterocycles. The Balaban J connectivity index is 1.66. The first-order chi connectivity index (χ1) is 14.3. The molecule has 0 saturated carbocycles. The molecule has 3 aromatic carbocycles. The van der Waals surface area contributed by atoms with Crippen molar-refractivity contribution < 1.29 is 17.6 Å². The minimum Gasteiger partial charge on any atom is -0.350 e. The predicted octanol–water partition coefficient (Wildman–Crippen LogP) is 4.38. The number of carbonyl (C=O) groups is 1. The van der Waals surface area contributed by atoms with E-state index < -0.39 is 15.8 Å². The highest BCUT2D eigenvalue weighted by atomic mass is 32.2. The molecule has 7 heteroatoms. The summed E-state index contributed by atoms with van der Waals surface area (Å²) in [5.74, 6) is -1.04. The van der Waals surface area contributed by atoms with E-state index in [1.807, 2.05) is 37.3 Å². The second-order valence-electron chi connectivity index (χ2n) is 7.01. The molecule has 0 aliphatic rings. The zero-order chi connectivity index (χ0) is 21.6. The van der Waals surface area contributed by atoms with Crippen LogP contribution in [0.15, 0.2) is 83.8 Å². The van der Waals surface area contributed by atoms with Crippen LogP contribution in [0.5, 0.6) is 0 Å². The van der Waals surface area contributed by atoms with Crippen LogP contribution in [-0.4, -0.2) is 20.4 Å². The van der Waals surface area contributed by atoms with Gasteiger partial charge >= 0.3 is 0 Å². The van der Waals surface area contributed by atoms with Gasteiger partial charge in [0.05, 0.1) is 10.6 Å². The Labute approximate surface area is 176 Å². The first-order valence-corrected chi connectivity index (χ1v) is 11.1. The van der Waals surface area contributed by atoms with Gasteiger partial charge in [0, 0.05) is 11.6 Å². The molecule has 1 amide bonds. The summed E-state index contributed by atoms with van der Waals surface area (Å²) >= 11 is 0. The van der Waals surface area contributed by atoms with E-state index in [2.05, 4.69) is 10.0 Å². The Morgan fingerprint density at radius 1 is 0.967 bits per heavy atom. The molecule has 0 aliphatic heterocycles. The number of sulfonamides is 1. The molecular formula is C23H23FN2O3S. The Kier molecular flexibility index (Phi) is 6.84. The maximum Gasteiger partial charge on any atom is 0.262 e. The van der Waals surface area contributed by atoms with Crippen LogP contribution in [0.2, 0.25) is 0 Å². The smallest absolute Gasteiger partial charge is 0.262 e. The fourth-order valence-corrected chi connectivity index (χ4v) is 4.07. The van der Waals surface area contributed by atoms with E-state index >= 15 is 0 Å². The van der Waals surface area contributed by atoms with Gasteiger partial charge in [-0.1, -0.05) is 48.5 Å². The van der Waals surface area contributed by atoms with Crippen LogP contribution in [0.3, 0.4) is 0 Å². The van der Waals surface area contributed by atoms with Crippen molar-refractivity contribution in [2.24, 2.45) is 0 Å². The van der Waals surface area contributed by atoms with Crippen LogP contribution in [0.25, 0.3) is 0 Å². The topological polar surface area (TPSA) is 75.3 Å². The van der Waals surface area contributed by atoms with Crippen LogP contribution in [0.4, 0.5) is 10.1 Å². The number of carbonyl (C=O) groups excluding carboxylic acids is 1. The van der Waals surface area contributed by atoms with Crippen LogP contribution in [0, 0.1) is 5.82 Å². The van der Waals surface area contributed by atoms with Gasteiger partial charge in [-0.05, 0) is 55.7 Å². The summed E-state index contributed by atoms with van der Waals surface area (Å²) < 4.78 is 41.2. The molecule has 3 aromatic rings. The maximum atomic E-state index is 13.8. The zero-order valence-corrected chi connectivity index (χ0v) is 17.3. The number of aryl methyl sites for hydroxylation is 1. The molecule has 0 radical (unpaired) electrons. The fraction of sp³-hybridized carbons (Fsp3) is 0.174. The minimum atomic E-state index is -4.04. The van der Waals surface area contributed by atoms with E-state index in [1.54, 1.807) is 6.07 Å². The molecular weight excluding hydrogens is 403 g/mol. The molecule has 0 heterocycles. The highest BCUT2D eigenvalue weighted by Crippen LogP contribution is 2.19. The second kappa shape index (κ2) is 9.54. The monoisotopic (exact) mass is 426 g/mol. The van der Waals surface area contributed by atoms with Crippen molar-refractivity contribution in [3.63, 3.8) is 0 Å². The van der Waals surface area contributed by atoms with Gasteiger partial charge in [0.1, 0.15) is 5.82 Å². The Morgan fingerprint density at radius 3 is 2.40 bits per heavy atom. The average molecular weight is 427 g/mol. The van der Waals surface area contributed by atoms with Crippen molar-refractivity contribution in [1.29, 1.82) is 0 Å². The summed E-state index contributed by atoms with van der Waals surface area (Å²) in [6, 6.07) is 21.0.